The van der Waals surface area contributed by atoms with Crippen molar-refractivity contribution >= 4 is 23.3 Å². The molecule has 0 spiro atoms. The fourth-order valence-corrected chi connectivity index (χ4v) is 2.16. The number of nitrogens with zero attached hydrogens (tertiary/aromatic N) is 1. The summed E-state index contributed by atoms with van der Waals surface area (Å²) in [6, 6.07) is 5.73. The number of rotatable bonds is 6. The van der Waals surface area contributed by atoms with E-state index in [2.05, 4.69) is 20.6 Å². The summed E-state index contributed by atoms with van der Waals surface area (Å²) in [7, 11) is 3.30. The Balaban J connectivity index is 1.89. The van der Waals surface area contributed by atoms with Gasteiger partial charge in [-0.2, -0.15) is 0 Å². The van der Waals surface area contributed by atoms with E-state index >= 15 is 0 Å². The van der Waals surface area contributed by atoms with Gasteiger partial charge < -0.3 is 25.1 Å². The Bertz CT molecular complexity index is 564. The van der Waals surface area contributed by atoms with Crippen molar-refractivity contribution in [2.45, 2.75) is 6.42 Å². The summed E-state index contributed by atoms with van der Waals surface area (Å²) in [5, 5.41) is 6.59. The zero-order valence-corrected chi connectivity index (χ0v) is 12.8. The third kappa shape index (κ3) is 4.09. The van der Waals surface area contributed by atoms with E-state index in [1.807, 2.05) is 18.2 Å². The van der Waals surface area contributed by atoms with Gasteiger partial charge in [-0.3, -0.25) is 0 Å². The number of ether oxygens (including phenoxy) is 2. The lowest BCUT2D eigenvalue weighted by atomic mass is 10.1. The molecule has 1 aromatic carbocycles. The molecule has 3 N–H and O–H groups in total. The largest absolute Gasteiger partial charge is 0.496 e. The normalized spacial score (nSPS) is 10.0. The van der Waals surface area contributed by atoms with Gasteiger partial charge in [0.25, 0.3) is 0 Å². The van der Waals surface area contributed by atoms with Crippen LogP contribution in [0.3, 0.4) is 0 Å². The monoisotopic (exact) mass is 306 g/mol. The SMILES string of the molecule is COc1cccc(OC)c1CCNC(=S)Nc1ncc[nH]1. The molecule has 112 valence electrons. The van der Waals surface area contributed by atoms with Crippen LogP contribution in [0.4, 0.5) is 5.95 Å². The molecular formula is C14H18N4O2S. The van der Waals surface area contributed by atoms with Crippen LogP contribution in [0.25, 0.3) is 0 Å². The Morgan fingerprint density at radius 1 is 1.29 bits per heavy atom. The van der Waals surface area contributed by atoms with E-state index in [-0.39, 0.29) is 0 Å². The number of methoxy groups -OCH3 is 2. The first-order chi connectivity index (χ1) is 10.2. The number of nitrogens with one attached hydrogen (secondary N) is 3. The second-order valence-corrected chi connectivity index (χ2v) is 4.62. The lowest BCUT2D eigenvalue weighted by Gasteiger charge is -2.14. The third-order valence-electron chi connectivity index (χ3n) is 2.92. The van der Waals surface area contributed by atoms with Gasteiger partial charge in [0.1, 0.15) is 11.5 Å². The molecule has 0 bridgehead atoms. The predicted octanol–water partition coefficient (Wildman–Crippen LogP) is 1.96. The Labute approximate surface area is 128 Å². The first-order valence-electron chi connectivity index (χ1n) is 6.48. The Morgan fingerprint density at radius 2 is 2.00 bits per heavy atom. The highest BCUT2D eigenvalue weighted by Crippen LogP contribution is 2.28. The average Bonchev–Trinajstić information content (AvgIpc) is 3.00. The van der Waals surface area contributed by atoms with Crippen molar-refractivity contribution in [1.82, 2.24) is 15.3 Å². The maximum Gasteiger partial charge on any atom is 0.206 e. The number of aromatic amines is 1. The van der Waals surface area contributed by atoms with Gasteiger partial charge in [-0.25, -0.2) is 4.98 Å². The van der Waals surface area contributed by atoms with Crippen molar-refractivity contribution < 1.29 is 9.47 Å². The number of thiocarbonyl (C=S) groups is 1. The molecule has 7 heteroatoms. The highest BCUT2D eigenvalue weighted by molar-refractivity contribution is 7.80. The van der Waals surface area contributed by atoms with Crippen molar-refractivity contribution in [2.75, 3.05) is 26.1 Å². The Kier molecular flexibility index (Phi) is 5.39. The molecule has 0 radical (unpaired) electrons. The summed E-state index contributed by atoms with van der Waals surface area (Å²) in [4.78, 5) is 6.97. The summed E-state index contributed by atoms with van der Waals surface area (Å²) < 4.78 is 10.7. The zero-order valence-electron chi connectivity index (χ0n) is 12.0. The summed E-state index contributed by atoms with van der Waals surface area (Å²) in [6.45, 7) is 0.656. The minimum absolute atomic E-state index is 0.513. The fourth-order valence-electron chi connectivity index (χ4n) is 1.96. The van der Waals surface area contributed by atoms with E-state index in [4.69, 9.17) is 21.7 Å². The van der Waals surface area contributed by atoms with Crippen molar-refractivity contribution in [2.24, 2.45) is 0 Å². The number of aromatic nitrogens is 2. The van der Waals surface area contributed by atoms with Gasteiger partial charge >= 0.3 is 0 Å². The van der Waals surface area contributed by atoms with Crippen LogP contribution in [-0.4, -0.2) is 35.8 Å². The van der Waals surface area contributed by atoms with Crippen LogP contribution < -0.4 is 20.1 Å². The Hall–Kier alpha value is -2.28. The van der Waals surface area contributed by atoms with Gasteiger partial charge in [-0.1, -0.05) is 6.07 Å². The second kappa shape index (κ2) is 7.49. The quantitative estimate of drug-likeness (QED) is 0.709. The molecule has 0 saturated heterocycles. The van der Waals surface area contributed by atoms with E-state index in [1.54, 1.807) is 26.6 Å². The van der Waals surface area contributed by atoms with Gasteiger partial charge in [0.05, 0.1) is 14.2 Å². The number of H-pyrrole nitrogens is 1. The van der Waals surface area contributed by atoms with Crippen LogP contribution in [0.1, 0.15) is 5.56 Å². The molecule has 1 aromatic heterocycles. The smallest absolute Gasteiger partial charge is 0.206 e. The first kappa shape index (κ1) is 15.1. The van der Waals surface area contributed by atoms with Crippen LogP contribution in [0, 0.1) is 0 Å². The van der Waals surface area contributed by atoms with Gasteiger partial charge in [-0.05, 0) is 30.8 Å². The van der Waals surface area contributed by atoms with E-state index in [1.165, 1.54) is 0 Å². The summed E-state index contributed by atoms with van der Waals surface area (Å²) in [5.41, 5.74) is 1.01. The maximum atomic E-state index is 5.36. The molecule has 0 atom stereocenters. The highest BCUT2D eigenvalue weighted by atomic mass is 32.1. The topological polar surface area (TPSA) is 71.2 Å². The van der Waals surface area contributed by atoms with Crippen molar-refractivity contribution in [3.63, 3.8) is 0 Å². The number of hydrogen-bond acceptors (Lipinski definition) is 4. The highest BCUT2D eigenvalue weighted by Gasteiger charge is 2.09. The molecule has 2 rings (SSSR count). The molecule has 0 amide bonds. The maximum absolute atomic E-state index is 5.36. The van der Waals surface area contributed by atoms with Gasteiger partial charge in [-0.15, -0.1) is 0 Å². The van der Waals surface area contributed by atoms with E-state index in [0.29, 0.717) is 17.6 Å². The molecule has 0 unspecified atom stereocenters. The van der Waals surface area contributed by atoms with E-state index in [9.17, 15) is 0 Å². The lowest BCUT2D eigenvalue weighted by Crippen LogP contribution is -2.30. The fraction of sp³-hybridized carbons (Fsp3) is 0.286. The van der Waals surface area contributed by atoms with Gasteiger partial charge in [0.2, 0.25) is 5.95 Å². The number of benzene rings is 1. The summed E-state index contributed by atoms with van der Waals surface area (Å²) in [6.07, 6.45) is 4.11. The Morgan fingerprint density at radius 3 is 2.57 bits per heavy atom. The molecule has 1 heterocycles. The molecule has 0 fully saturated rings. The molecular weight excluding hydrogens is 288 g/mol. The van der Waals surface area contributed by atoms with Crippen LogP contribution in [0.5, 0.6) is 11.5 Å². The number of hydrogen-bond donors (Lipinski definition) is 3. The van der Waals surface area contributed by atoms with E-state index < -0.39 is 0 Å². The number of imidazole rings is 1. The second-order valence-electron chi connectivity index (χ2n) is 4.21. The van der Waals surface area contributed by atoms with Crippen LogP contribution in [0.15, 0.2) is 30.6 Å². The minimum Gasteiger partial charge on any atom is -0.496 e. The third-order valence-corrected chi connectivity index (χ3v) is 3.17. The molecule has 0 aliphatic rings. The zero-order chi connectivity index (χ0) is 15.1. The average molecular weight is 306 g/mol. The van der Waals surface area contributed by atoms with Crippen LogP contribution >= 0.6 is 12.2 Å². The molecule has 6 nitrogen and oxygen atoms in total. The molecule has 2 aromatic rings. The molecule has 21 heavy (non-hydrogen) atoms. The van der Waals surface area contributed by atoms with Gasteiger partial charge in [0.15, 0.2) is 5.11 Å². The van der Waals surface area contributed by atoms with E-state index in [0.717, 1.165) is 23.5 Å². The molecule has 0 aliphatic carbocycles. The van der Waals surface area contributed by atoms with Crippen molar-refractivity contribution in [3.05, 3.63) is 36.2 Å². The predicted molar refractivity (Wildman–Crippen MR) is 86.1 cm³/mol. The standard InChI is InChI=1S/C14H18N4O2S/c1-19-11-4-3-5-12(20-2)10(11)6-7-17-14(21)18-13-15-8-9-16-13/h3-5,8-9H,6-7H2,1-2H3,(H3,15,16,17,18,21). The number of anilines is 1. The molecule has 0 aliphatic heterocycles. The minimum atomic E-state index is 0.513. The van der Waals surface area contributed by atoms with Crippen LogP contribution in [0.2, 0.25) is 0 Å². The van der Waals surface area contributed by atoms with Crippen LogP contribution in [-0.2, 0) is 6.42 Å². The molecule has 0 saturated carbocycles. The van der Waals surface area contributed by atoms with Crippen molar-refractivity contribution in [1.29, 1.82) is 0 Å². The van der Waals surface area contributed by atoms with Gasteiger partial charge in [0, 0.05) is 24.5 Å². The van der Waals surface area contributed by atoms with Crippen molar-refractivity contribution in [3.8, 4) is 11.5 Å². The summed E-state index contributed by atoms with van der Waals surface area (Å²) >= 11 is 5.20. The lowest BCUT2D eigenvalue weighted by molar-refractivity contribution is 0.385. The first-order valence-corrected chi connectivity index (χ1v) is 6.89. The summed E-state index contributed by atoms with van der Waals surface area (Å²) in [5.74, 6) is 2.23.